The predicted molar refractivity (Wildman–Crippen MR) is 69.0 cm³/mol. The van der Waals surface area contributed by atoms with E-state index in [0.29, 0.717) is 16.7 Å². The minimum Gasteiger partial charge on any atom is -0.462 e. The molecule has 0 saturated carbocycles. The number of carbonyl (C=O) groups excluding carboxylic acids is 2. The van der Waals surface area contributed by atoms with Gasteiger partial charge in [0.25, 0.3) is 0 Å². The fourth-order valence-electron chi connectivity index (χ4n) is 1.74. The molecule has 0 aliphatic heterocycles. The van der Waals surface area contributed by atoms with Crippen molar-refractivity contribution in [3.05, 3.63) is 36.2 Å². The number of fused-ring (bicyclic) bond motifs is 1. The van der Waals surface area contributed by atoms with Gasteiger partial charge in [0.2, 0.25) is 0 Å². The molecule has 1 aromatic heterocycles. The molecule has 0 radical (unpaired) electrons. The van der Waals surface area contributed by atoms with Crippen molar-refractivity contribution >= 4 is 22.7 Å². The van der Waals surface area contributed by atoms with Crippen LogP contribution in [0.1, 0.15) is 24.2 Å². The Hall–Kier alpha value is -2.43. The first-order chi connectivity index (χ1) is 9.11. The average Bonchev–Trinajstić information content (AvgIpc) is 2.38. The highest BCUT2D eigenvalue weighted by atomic mass is 16.5. The summed E-state index contributed by atoms with van der Waals surface area (Å²) in [6, 6.07) is 4.91. The van der Waals surface area contributed by atoms with E-state index in [4.69, 9.17) is 9.47 Å². The van der Waals surface area contributed by atoms with Gasteiger partial charge in [0.15, 0.2) is 0 Å². The smallest absolute Gasteiger partial charge is 0.338 e. The van der Waals surface area contributed by atoms with Crippen LogP contribution in [0.4, 0.5) is 0 Å². The maximum atomic E-state index is 11.7. The van der Waals surface area contributed by atoms with Gasteiger partial charge < -0.3 is 9.47 Å². The van der Waals surface area contributed by atoms with E-state index in [1.54, 1.807) is 31.5 Å². The van der Waals surface area contributed by atoms with Crippen LogP contribution in [0.15, 0.2) is 30.6 Å². The van der Waals surface area contributed by atoms with E-state index in [2.05, 4.69) is 4.98 Å². The van der Waals surface area contributed by atoms with E-state index in [0.717, 1.165) is 5.39 Å². The van der Waals surface area contributed by atoms with Gasteiger partial charge in [-0.05, 0) is 30.5 Å². The van der Waals surface area contributed by atoms with E-state index in [9.17, 15) is 9.59 Å². The Labute approximate surface area is 110 Å². The number of benzene rings is 1. The highest BCUT2D eigenvalue weighted by Crippen LogP contribution is 2.27. The summed E-state index contributed by atoms with van der Waals surface area (Å²) >= 11 is 0. The van der Waals surface area contributed by atoms with Crippen LogP contribution in [0.25, 0.3) is 10.8 Å². The minimum absolute atomic E-state index is 0.288. The van der Waals surface area contributed by atoms with Crippen molar-refractivity contribution in [2.75, 3.05) is 6.61 Å². The van der Waals surface area contributed by atoms with E-state index in [-0.39, 0.29) is 6.61 Å². The van der Waals surface area contributed by atoms with Gasteiger partial charge in [-0.3, -0.25) is 9.78 Å². The van der Waals surface area contributed by atoms with Crippen LogP contribution in [0.2, 0.25) is 0 Å². The number of carbonyl (C=O) groups is 2. The first-order valence-corrected chi connectivity index (χ1v) is 5.85. The SMILES string of the molecule is CCOC(=O)c1cc(OC(C)=O)c2cnccc2c1. The van der Waals surface area contributed by atoms with E-state index in [1.165, 1.54) is 13.0 Å². The molecule has 2 aromatic rings. The second-order valence-electron chi connectivity index (χ2n) is 3.89. The summed E-state index contributed by atoms with van der Waals surface area (Å²) < 4.78 is 10.1. The molecule has 0 aliphatic rings. The quantitative estimate of drug-likeness (QED) is 0.625. The average molecular weight is 259 g/mol. The molecular weight excluding hydrogens is 246 g/mol. The number of hydrogen-bond acceptors (Lipinski definition) is 5. The summed E-state index contributed by atoms with van der Waals surface area (Å²) in [5, 5.41) is 1.43. The van der Waals surface area contributed by atoms with Gasteiger partial charge in [0.05, 0.1) is 12.2 Å². The number of ether oxygens (including phenoxy) is 2. The van der Waals surface area contributed by atoms with Crippen LogP contribution < -0.4 is 4.74 Å². The third-order valence-electron chi connectivity index (χ3n) is 2.48. The van der Waals surface area contributed by atoms with E-state index in [1.807, 2.05) is 0 Å². The number of pyridine rings is 1. The lowest BCUT2D eigenvalue weighted by Gasteiger charge is -2.08. The normalized spacial score (nSPS) is 10.2. The molecule has 0 saturated heterocycles. The number of aromatic nitrogens is 1. The molecular formula is C14H13NO4. The Morgan fingerprint density at radius 3 is 2.79 bits per heavy atom. The van der Waals surface area contributed by atoms with E-state index >= 15 is 0 Å². The second kappa shape index (κ2) is 5.48. The molecule has 1 aromatic carbocycles. The number of esters is 2. The fraction of sp³-hybridized carbons (Fsp3) is 0.214. The molecule has 98 valence electrons. The standard InChI is InChI=1S/C14H13NO4/c1-3-18-14(17)11-6-10-4-5-15-8-12(10)13(7-11)19-9(2)16/h4-8H,3H2,1-2H3. The van der Waals surface area contributed by atoms with Crippen molar-refractivity contribution in [3.8, 4) is 5.75 Å². The Balaban J connectivity index is 2.56. The molecule has 0 fully saturated rings. The van der Waals surface area contributed by atoms with Crippen molar-refractivity contribution in [2.24, 2.45) is 0 Å². The predicted octanol–water partition coefficient (Wildman–Crippen LogP) is 2.34. The van der Waals surface area contributed by atoms with Crippen LogP contribution in [-0.4, -0.2) is 23.5 Å². The summed E-state index contributed by atoms with van der Waals surface area (Å²) in [6.45, 7) is 3.32. The molecule has 0 amide bonds. The second-order valence-corrected chi connectivity index (χ2v) is 3.89. The van der Waals surface area contributed by atoms with Gasteiger partial charge in [-0.2, -0.15) is 0 Å². The molecule has 0 atom stereocenters. The summed E-state index contributed by atoms with van der Waals surface area (Å²) in [5.41, 5.74) is 0.344. The van der Waals surface area contributed by atoms with Crippen LogP contribution in [0.5, 0.6) is 5.75 Å². The lowest BCUT2D eigenvalue weighted by Crippen LogP contribution is -2.07. The summed E-state index contributed by atoms with van der Waals surface area (Å²) in [6.07, 6.45) is 3.19. The van der Waals surface area contributed by atoms with Gasteiger partial charge in [0, 0.05) is 24.7 Å². The molecule has 5 heteroatoms. The summed E-state index contributed by atoms with van der Waals surface area (Å²) in [7, 11) is 0. The van der Waals surface area contributed by atoms with Gasteiger partial charge >= 0.3 is 11.9 Å². The van der Waals surface area contributed by atoms with Crippen molar-refractivity contribution in [3.63, 3.8) is 0 Å². The van der Waals surface area contributed by atoms with Crippen molar-refractivity contribution in [1.82, 2.24) is 4.98 Å². The van der Waals surface area contributed by atoms with Gasteiger partial charge in [-0.1, -0.05) is 0 Å². The Kier molecular flexibility index (Phi) is 3.75. The molecule has 19 heavy (non-hydrogen) atoms. The zero-order chi connectivity index (χ0) is 13.8. The monoisotopic (exact) mass is 259 g/mol. The molecule has 0 bridgehead atoms. The minimum atomic E-state index is -0.453. The topological polar surface area (TPSA) is 65.5 Å². The lowest BCUT2D eigenvalue weighted by molar-refractivity contribution is -0.131. The molecule has 0 aliphatic carbocycles. The van der Waals surface area contributed by atoms with Crippen LogP contribution in [0, 0.1) is 0 Å². The first kappa shape index (κ1) is 13.0. The van der Waals surface area contributed by atoms with Crippen LogP contribution in [-0.2, 0) is 9.53 Å². The summed E-state index contributed by atoms with van der Waals surface area (Å²) in [4.78, 5) is 26.8. The molecule has 0 N–H and O–H groups in total. The van der Waals surface area contributed by atoms with Gasteiger partial charge in [-0.15, -0.1) is 0 Å². The maximum absolute atomic E-state index is 11.7. The molecule has 0 unspecified atom stereocenters. The van der Waals surface area contributed by atoms with Gasteiger partial charge in [-0.25, -0.2) is 4.79 Å². The van der Waals surface area contributed by atoms with Gasteiger partial charge in [0.1, 0.15) is 5.75 Å². The van der Waals surface area contributed by atoms with E-state index < -0.39 is 11.9 Å². The molecule has 1 heterocycles. The zero-order valence-corrected chi connectivity index (χ0v) is 10.7. The number of nitrogens with zero attached hydrogens (tertiary/aromatic N) is 1. The Morgan fingerprint density at radius 2 is 2.11 bits per heavy atom. The van der Waals surface area contributed by atoms with Crippen molar-refractivity contribution in [2.45, 2.75) is 13.8 Å². The highest BCUT2D eigenvalue weighted by molar-refractivity contribution is 5.98. The third-order valence-corrected chi connectivity index (χ3v) is 2.48. The Bertz CT molecular complexity index is 636. The largest absolute Gasteiger partial charge is 0.462 e. The molecule has 0 spiro atoms. The third kappa shape index (κ3) is 2.88. The van der Waals surface area contributed by atoms with Crippen molar-refractivity contribution in [1.29, 1.82) is 0 Å². The number of hydrogen-bond donors (Lipinski definition) is 0. The lowest BCUT2D eigenvalue weighted by atomic mass is 10.1. The number of rotatable bonds is 3. The van der Waals surface area contributed by atoms with Crippen LogP contribution >= 0.6 is 0 Å². The molecule has 5 nitrogen and oxygen atoms in total. The highest BCUT2D eigenvalue weighted by Gasteiger charge is 2.13. The Morgan fingerprint density at radius 1 is 1.32 bits per heavy atom. The fourth-order valence-corrected chi connectivity index (χ4v) is 1.74. The molecule has 2 rings (SSSR count). The maximum Gasteiger partial charge on any atom is 0.338 e. The zero-order valence-electron chi connectivity index (χ0n) is 10.7. The first-order valence-electron chi connectivity index (χ1n) is 5.85. The van der Waals surface area contributed by atoms with Crippen molar-refractivity contribution < 1.29 is 19.1 Å². The summed E-state index contributed by atoms with van der Waals surface area (Å²) in [5.74, 6) is -0.595. The van der Waals surface area contributed by atoms with Crippen LogP contribution in [0.3, 0.4) is 0 Å².